The first-order valence-electron chi connectivity index (χ1n) is 11.4. The lowest BCUT2D eigenvalue weighted by Gasteiger charge is -2.32. The molecule has 186 valence electrons. The van der Waals surface area contributed by atoms with E-state index in [4.69, 9.17) is 16.3 Å². The Balaban J connectivity index is 1.72. The molecule has 0 aliphatic rings. The number of nitrogens with one attached hydrogen (secondary N) is 1. The lowest BCUT2D eigenvalue weighted by atomic mass is 10.0. The molecular weight excluding hydrogens is 496 g/mol. The summed E-state index contributed by atoms with van der Waals surface area (Å²) < 4.78 is 21.4. The molecule has 0 radical (unpaired) electrons. The number of ether oxygens (including phenoxy) is 1. The van der Waals surface area contributed by atoms with E-state index < -0.39 is 17.0 Å². The maximum atomic E-state index is 13.1. The minimum Gasteiger partial charge on any atom is -0.497 e. The lowest BCUT2D eigenvalue weighted by molar-refractivity contribution is -0.137. The van der Waals surface area contributed by atoms with Crippen LogP contribution < -0.4 is 14.4 Å². The van der Waals surface area contributed by atoms with Crippen molar-refractivity contribution in [1.29, 1.82) is 0 Å². The Hall–Kier alpha value is -3.55. The third kappa shape index (κ3) is 5.80. The van der Waals surface area contributed by atoms with E-state index in [0.717, 1.165) is 22.0 Å². The predicted molar refractivity (Wildman–Crippen MR) is 146 cm³/mol. The van der Waals surface area contributed by atoms with Gasteiger partial charge in [0.25, 0.3) is 0 Å². The van der Waals surface area contributed by atoms with Crippen molar-refractivity contribution < 1.29 is 18.8 Å². The van der Waals surface area contributed by atoms with Crippen molar-refractivity contribution in [3.63, 3.8) is 0 Å². The Bertz CT molecular complexity index is 1390. The highest BCUT2D eigenvalue weighted by Gasteiger charge is 2.22. The predicted octanol–water partition coefficient (Wildman–Crippen LogP) is 6.51. The Kier molecular flexibility index (Phi) is 8.13. The Morgan fingerprint density at radius 1 is 1.00 bits per heavy atom. The molecule has 0 aromatic heterocycles. The molecular formula is C28H27ClN2O4S. The van der Waals surface area contributed by atoms with Gasteiger partial charge in [0.1, 0.15) is 16.7 Å². The van der Waals surface area contributed by atoms with Crippen LogP contribution in [0.1, 0.15) is 18.9 Å². The highest BCUT2D eigenvalue weighted by Crippen LogP contribution is 2.36. The van der Waals surface area contributed by atoms with E-state index in [2.05, 4.69) is 9.62 Å². The van der Waals surface area contributed by atoms with Crippen LogP contribution in [0.3, 0.4) is 0 Å². The molecule has 1 unspecified atom stereocenters. The average Bonchev–Trinajstić information content (AvgIpc) is 2.88. The molecule has 0 bridgehead atoms. The molecule has 8 heteroatoms. The molecule has 0 aliphatic heterocycles. The highest BCUT2D eigenvalue weighted by atomic mass is 35.5. The number of aliphatic carboxylic acids is 1. The maximum absolute atomic E-state index is 13.1. The Labute approximate surface area is 218 Å². The van der Waals surface area contributed by atoms with Gasteiger partial charge >= 0.3 is 5.97 Å². The number of benzene rings is 4. The molecule has 0 saturated heterocycles. The van der Waals surface area contributed by atoms with Crippen molar-refractivity contribution in [2.45, 2.75) is 30.8 Å². The molecule has 2 N–H and O–H groups in total. The van der Waals surface area contributed by atoms with Crippen LogP contribution in [-0.4, -0.2) is 28.4 Å². The van der Waals surface area contributed by atoms with E-state index >= 15 is 0 Å². The molecule has 4 aromatic carbocycles. The number of carbonyl (C=O) groups is 1. The van der Waals surface area contributed by atoms with Crippen molar-refractivity contribution in [2.75, 3.05) is 16.7 Å². The maximum Gasteiger partial charge on any atom is 0.305 e. The van der Waals surface area contributed by atoms with Gasteiger partial charge in [0.05, 0.1) is 24.1 Å². The monoisotopic (exact) mass is 522 g/mol. The lowest BCUT2D eigenvalue weighted by Crippen LogP contribution is -2.34. The van der Waals surface area contributed by atoms with E-state index in [-0.39, 0.29) is 12.5 Å². The van der Waals surface area contributed by atoms with E-state index in [1.807, 2.05) is 67.6 Å². The standard InChI is InChI=1S/C28H27ClN2O4S/c1-19(17-28(32)33)31(18-20-7-3-6-10-25(20)29)27-16-15-26(23-8-4-5-9-24(23)27)30-36(34)22-13-11-21(35-2)12-14-22/h3-16,19,30H,17-18H2,1-2H3,(H,32,33)/t19-,36?/m0/s1. The van der Waals surface area contributed by atoms with Crippen molar-refractivity contribution >= 4 is 50.7 Å². The first kappa shape index (κ1) is 25.5. The summed E-state index contributed by atoms with van der Waals surface area (Å²) in [6, 6.07) is 25.9. The van der Waals surface area contributed by atoms with Gasteiger partial charge in [-0.2, -0.15) is 0 Å². The number of nitrogens with zero attached hydrogens (tertiary/aromatic N) is 1. The normalized spacial score (nSPS) is 12.6. The van der Waals surface area contributed by atoms with Crippen LogP contribution in [-0.2, 0) is 22.3 Å². The van der Waals surface area contributed by atoms with E-state index in [9.17, 15) is 14.1 Å². The number of anilines is 2. The molecule has 0 amide bonds. The number of carboxylic acids is 1. The molecule has 0 heterocycles. The third-order valence-electron chi connectivity index (χ3n) is 5.99. The van der Waals surface area contributed by atoms with Gasteiger partial charge in [0, 0.05) is 34.1 Å². The number of carboxylic acid groups (broad SMARTS) is 1. The first-order valence-corrected chi connectivity index (χ1v) is 13.0. The van der Waals surface area contributed by atoms with Gasteiger partial charge in [-0.05, 0) is 55.0 Å². The molecule has 4 aromatic rings. The number of rotatable bonds is 10. The van der Waals surface area contributed by atoms with Crippen LogP contribution in [0.5, 0.6) is 5.75 Å². The van der Waals surface area contributed by atoms with Gasteiger partial charge in [0.2, 0.25) is 0 Å². The topological polar surface area (TPSA) is 78.9 Å². The second-order valence-corrected chi connectivity index (χ2v) is 10.0. The second-order valence-electron chi connectivity index (χ2n) is 8.39. The minimum absolute atomic E-state index is 0.0275. The van der Waals surface area contributed by atoms with Gasteiger partial charge in [0.15, 0.2) is 0 Å². The number of fused-ring (bicyclic) bond motifs is 1. The highest BCUT2D eigenvalue weighted by molar-refractivity contribution is 7.86. The van der Waals surface area contributed by atoms with Crippen molar-refractivity contribution in [3.05, 3.63) is 95.5 Å². The fraction of sp³-hybridized carbons (Fsp3) is 0.179. The summed E-state index contributed by atoms with van der Waals surface area (Å²) in [4.78, 5) is 14.3. The van der Waals surface area contributed by atoms with Crippen LogP contribution in [0.2, 0.25) is 5.02 Å². The van der Waals surface area contributed by atoms with E-state index in [1.165, 1.54) is 0 Å². The summed E-state index contributed by atoms with van der Waals surface area (Å²) in [6.07, 6.45) is -0.0275. The van der Waals surface area contributed by atoms with Crippen LogP contribution in [0.25, 0.3) is 10.8 Å². The van der Waals surface area contributed by atoms with Gasteiger partial charge < -0.3 is 19.5 Å². The summed E-state index contributed by atoms with van der Waals surface area (Å²) in [5.74, 6) is -0.177. The Morgan fingerprint density at radius 3 is 2.33 bits per heavy atom. The van der Waals surface area contributed by atoms with Gasteiger partial charge in [-0.25, -0.2) is 4.21 Å². The van der Waals surface area contributed by atoms with E-state index in [1.54, 1.807) is 31.4 Å². The summed E-state index contributed by atoms with van der Waals surface area (Å²) in [5.41, 5.74) is 2.50. The molecule has 36 heavy (non-hydrogen) atoms. The fourth-order valence-corrected chi connectivity index (χ4v) is 5.21. The van der Waals surface area contributed by atoms with Crippen LogP contribution in [0.4, 0.5) is 11.4 Å². The van der Waals surface area contributed by atoms with Gasteiger partial charge in [-0.1, -0.05) is 54.1 Å². The molecule has 0 spiro atoms. The third-order valence-corrected chi connectivity index (χ3v) is 7.46. The quantitative estimate of drug-likeness (QED) is 0.248. The van der Waals surface area contributed by atoms with Gasteiger partial charge in [-0.3, -0.25) is 4.79 Å². The van der Waals surface area contributed by atoms with E-state index in [0.29, 0.717) is 27.9 Å². The largest absolute Gasteiger partial charge is 0.497 e. The number of hydrogen-bond donors (Lipinski definition) is 2. The second kappa shape index (κ2) is 11.5. The SMILES string of the molecule is COc1ccc(S(=O)Nc2ccc(N(Cc3ccccc3Cl)[C@@H](C)CC(=O)O)c3ccccc23)cc1. The number of hydrogen-bond acceptors (Lipinski definition) is 4. The zero-order valence-corrected chi connectivity index (χ0v) is 21.6. The molecule has 0 saturated carbocycles. The van der Waals surface area contributed by atoms with Crippen LogP contribution in [0, 0.1) is 0 Å². The van der Waals surface area contributed by atoms with Crippen molar-refractivity contribution in [1.82, 2.24) is 0 Å². The van der Waals surface area contributed by atoms with Crippen LogP contribution in [0.15, 0.2) is 89.8 Å². The number of halogens is 1. The molecule has 0 fully saturated rings. The molecule has 6 nitrogen and oxygen atoms in total. The zero-order valence-electron chi connectivity index (χ0n) is 20.0. The molecule has 4 rings (SSSR count). The average molecular weight is 523 g/mol. The van der Waals surface area contributed by atoms with Crippen molar-refractivity contribution in [3.8, 4) is 5.75 Å². The molecule has 0 aliphatic carbocycles. The summed E-state index contributed by atoms with van der Waals surface area (Å²) in [5, 5.41) is 11.9. The van der Waals surface area contributed by atoms with Gasteiger partial charge in [-0.15, -0.1) is 0 Å². The smallest absolute Gasteiger partial charge is 0.305 e. The van der Waals surface area contributed by atoms with Crippen LogP contribution >= 0.6 is 11.6 Å². The fourth-order valence-electron chi connectivity index (χ4n) is 4.13. The summed E-state index contributed by atoms with van der Waals surface area (Å²) >= 11 is 6.45. The minimum atomic E-state index is -1.48. The number of methoxy groups -OCH3 is 1. The molecule has 2 atom stereocenters. The summed E-state index contributed by atoms with van der Waals surface area (Å²) in [7, 11) is 0.104. The Morgan fingerprint density at radius 2 is 1.67 bits per heavy atom. The summed E-state index contributed by atoms with van der Waals surface area (Å²) in [6.45, 7) is 2.34. The zero-order chi connectivity index (χ0) is 25.7. The van der Waals surface area contributed by atoms with Crippen molar-refractivity contribution in [2.24, 2.45) is 0 Å². The first-order chi connectivity index (χ1) is 17.4.